The molecule has 0 saturated heterocycles. The molecular weight excluding hydrogens is 182 g/mol. The van der Waals surface area contributed by atoms with Crippen LogP contribution < -0.4 is 4.90 Å². The fourth-order valence-corrected chi connectivity index (χ4v) is 1.14. The highest BCUT2D eigenvalue weighted by atomic mass is 17.2. The van der Waals surface area contributed by atoms with Gasteiger partial charge in [0.2, 0.25) is 0 Å². The molecule has 1 aromatic rings. The van der Waals surface area contributed by atoms with Crippen LogP contribution in [0.3, 0.4) is 0 Å². The number of benzene rings is 1. The lowest BCUT2D eigenvalue weighted by Gasteiger charge is -2.18. The Kier molecular flexibility index (Phi) is 3.94. The molecule has 1 aromatic carbocycles. The highest BCUT2D eigenvalue weighted by molar-refractivity contribution is 5.86. The molecule has 4 nitrogen and oxygen atoms in total. The second-order valence-electron chi connectivity index (χ2n) is 2.60. The number of carbonyl (C=O) groups is 1. The van der Waals surface area contributed by atoms with Crippen molar-refractivity contribution in [1.82, 2.24) is 0 Å². The van der Waals surface area contributed by atoms with Crippen LogP contribution in [0, 0.1) is 0 Å². The van der Waals surface area contributed by atoms with E-state index in [-0.39, 0.29) is 0 Å². The molecule has 4 heteroatoms. The molecular formula is C10H13NO3. The molecule has 0 fully saturated rings. The van der Waals surface area contributed by atoms with E-state index in [2.05, 4.69) is 9.78 Å². The van der Waals surface area contributed by atoms with Crippen LogP contribution in [0.15, 0.2) is 30.3 Å². The molecule has 0 atom stereocenters. The normalized spacial score (nSPS) is 9.57. The first-order chi connectivity index (χ1) is 6.79. The average molecular weight is 195 g/mol. The minimum Gasteiger partial charge on any atom is -0.276 e. The van der Waals surface area contributed by atoms with Gasteiger partial charge in [-0.05, 0) is 19.1 Å². The summed E-state index contributed by atoms with van der Waals surface area (Å²) >= 11 is 0. The smallest absolute Gasteiger partial charge is 0.276 e. The molecule has 1 rings (SSSR count). The van der Waals surface area contributed by atoms with Crippen LogP contribution in [-0.4, -0.2) is 19.7 Å². The first-order valence-corrected chi connectivity index (χ1v) is 4.36. The van der Waals surface area contributed by atoms with Crippen LogP contribution in [0.25, 0.3) is 0 Å². The summed E-state index contributed by atoms with van der Waals surface area (Å²) in [6.07, 6.45) is -0.513. The van der Waals surface area contributed by atoms with Gasteiger partial charge in [0.1, 0.15) is 0 Å². The standard InChI is InChI=1S/C10H13NO3/c1-3-11(10(12)14-13-2)9-7-5-4-6-8-9/h4-8H,3H2,1-2H3. The fraction of sp³-hybridized carbons (Fsp3) is 0.300. The third kappa shape index (κ3) is 2.47. The van der Waals surface area contributed by atoms with Gasteiger partial charge in [-0.1, -0.05) is 18.2 Å². The van der Waals surface area contributed by atoms with Crippen molar-refractivity contribution in [1.29, 1.82) is 0 Å². The molecule has 1 amide bonds. The maximum absolute atomic E-state index is 11.4. The lowest BCUT2D eigenvalue weighted by Crippen LogP contribution is -2.30. The maximum atomic E-state index is 11.4. The van der Waals surface area contributed by atoms with E-state index in [1.165, 1.54) is 12.0 Å². The molecule has 0 aliphatic rings. The van der Waals surface area contributed by atoms with E-state index < -0.39 is 6.09 Å². The summed E-state index contributed by atoms with van der Waals surface area (Å²) in [4.78, 5) is 21.6. The topological polar surface area (TPSA) is 38.8 Å². The van der Waals surface area contributed by atoms with Gasteiger partial charge >= 0.3 is 6.09 Å². The van der Waals surface area contributed by atoms with Crippen molar-refractivity contribution in [2.24, 2.45) is 0 Å². The van der Waals surface area contributed by atoms with E-state index in [4.69, 9.17) is 0 Å². The number of hydrogen-bond donors (Lipinski definition) is 0. The summed E-state index contributed by atoms with van der Waals surface area (Å²) in [5, 5.41) is 0. The van der Waals surface area contributed by atoms with Gasteiger partial charge in [-0.3, -0.25) is 9.79 Å². The highest BCUT2D eigenvalue weighted by Crippen LogP contribution is 2.13. The summed E-state index contributed by atoms with van der Waals surface area (Å²) in [6, 6.07) is 9.27. The van der Waals surface area contributed by atoms with Gasteiger partial charge in [0.25, 0.3) is 0 Å². The first kappa shape index (κ1) is 10.5. The number of nitrogens with zero attached hydrogens (tertiary/aromatic N) is 1. The van der Waals surface area contributed by atoms with Crippen molar-refractivity contribution in [2.45, 2.75) is 6.92 Å². The molecule has 0 radical (unpaired) electrons. The molecule has 0 aliphatic heterocycles. The van der Waals surface area contributed by atoms with Crippen LogP contribution in [0.2, 0.25) is 0 Å². The van der Waals surface area contributed by atoms with Gasteiger partial charge < -0.3 is 0 Å². The van der Waals surface area contributed by atoms with Crippen molar-refractivity contribution in [3.8, 4) is 0 Å². The Morgan fingerprint density at radius 3 is 2.50 bits per heavy atom. The minimum atomic E-state index is -0.513. The van der Waals surface area contributed by atoms with Crippen LogP contribution in [0.5, 0.6) is 0 Å². The molecule has 0 aromatic heterocycles. The third-order valence-corrected chi connectivity index (χ3v) is 1.76. The predicted molar refractivity (Wildman–Crippen MR) is 53.0 cm³/mol. The van der Waals surface area contributed by atoms with Crippen LogP contribution >= 0.6 is 0 Å². The molecule has 0 saturated carbocycles. The first-order valence-electron chi connectivity index (χ1n) is 4.36. The van der Waals surface area contributed by atoms with E-state index in [1.54, 1.807) is 0 Å². The van der Waals surface area contributed by atoms with E-state index in [0.29, 0.717) is 6.54 Å². The van der Waals surface area contributed by atoms with Gasteiger partial charge in [-0.15, -0.1) is 0 Å². The van der Waals surface area contributed by atoms with Crippen molar-refractivity contribution in [3.63, 3.8) is 0 Å². The molecule has 0 aliphatic carbocycles. The number of hydrogen-bond acceptors (Lipinski definition) is 3. The average Bonchev–Trinajstić information content (AvgIpc) is 2.21. The second kappa shape index (κ2) is 5.24. The summed E-state index contributed by atoms with van der Waals surface area (Å²) in [7, 11) is 1.30. The molecule has 0 N–H and O–H groups in total. The number of carbonyl (C=O) groups excluding carboxylic acids is 1. The Labute approximate surface area is 83.0 Å². The number of rotatable bonds is 3. The Bertz CT molecular complexity index is 287. The summed E-state index contributed by atoms with van der Waals surface area (Å²) in [5.41, 5.74) is 0.789. The Balaban J connectivity index is 2.77. The van der Waals surface area contributed by atoms with E-state index in [0.717, 1.165) is 5.69 Å². The summed E-state index contributed by atoms with van der Waals surface area (Å²) in [6.45, 7) is 2.40. The minimum absolute atomic E-state index is 0.513. The van der Waals surface area contributed by atoms with Gasteiger partial charge in [0.05, 0.1) is 7.11 Å². The largest absolute Gasteiger partial charge is 0.445 e. The monoisotopic (exact) mass is 195 g/mol. The summed E-state index contributed by atoms with van der Waals surface area (Å²) < 4.78 is 0. The van der Waals surface area contributed by atoms with Crippen LogP contribution in [-0.2, 0) is 9.78 Å². The van der Waals surface area contributed by atoms with Gasteiger partial charge in [0.15, 0.2) is 0 Å². The van der Waals surface area contributed by atoms with Crippen molar-refractivity contribution >= 4 is 11.8 Å². The molecule has 0 bridgehead atoms. The van der Waals surface area contributed by atoms with Crippen molar-refractivity contribution < 1.29 is 14.6 Å². The van der Waals surface area contributed by atoms with E-state index in [1.807, 2.05) is 37.3 Å². The van der Waals surface area contributed by atoms with Crippen molar-refractivity contribution in [3.05, 3.63) is 30.3 Å². The molecule has 0 unspecified atom stereocenters. The molecule has 0 spiro atoms. The summed E-state index contributed by atoms with van der Waals surface area (Å²) in [5.74, 6) is 0. The Hall–Kier alpha value is -1.55. The van der Waals surface area contributed by atoms with Gasteiger partial charge in [-0.25, -0.2) is 4.79 Å². The molecule has 14 heavy (non-hydrogen) atoms. The lowest BCUT2D eigenvalue weighted by atomic mass is 10.3. The molecule has 76 valence electrons. The van der Waals surface area contributed by atoms with Crippen LogP contribution in [0.1, 0.15) is 6.92 Å². The highest BCUT2D eigenvalue weighted by Gasteiger charge is 2.14. The third-order valence-electron chi connectivity index (χ3n) is 1.76. The SMILES string of the molecule is CCN(C(=O)OOC)c1ccccc1. The quantitative estimate of drug-likeness (QED) is 0.548. The molecule has 0 heterocycles. The van der Waals surface area contributed by atoms with Gasteiger partial charge in [-0.2, -0.15) is 4.89 Å². The predicted octanol–water partition coefficient (Wildman–Crippen LogP) is 2.21. The maximum Gasteiger partial charge on any atom is 0.445 e. The second-order valence-corrected chi connectivity index (χ2v) is 2.60. The van der Waals surface area contributed by atoms with Gasteiger partial charge in [0, 0.05) is 12.2 Å². The number of amides is 1. The zero-order valence-electron chi connectivity index (χ0n) is 8.27. The Morgan fingerprint density at radius 1 is 1.36 bits per heavy atom. The zero-order chi connectivity index (χ0) is 10.4. The van der Waals surface area contributed by atoms with Crippen molar-refractivity contribution in [2.75, 3.05) is 18.6 Å². The lowest BCUT2D eigenvalue weighted by molar-refractivity contribution is -0.210. The number of para-hydroxylation sites is 1. The van der Waals surface area contributed by atoms with Crippen LogP contribution in [0.4, 0.5) is 10.5 Å². The Morgan fingerprint density at radius 2 is 2.00 bits per heavy atom. The fourth-order valence-electron chi connectivity index (χ4n) is 1.14. The van der Waals surface area contributed by atoms with E-state index >= 15 is 0 Å². The number of anilines is 1. The van der Waals surface area contributed by atoms with E-state index in [9.17, 15) is 4.79 Å². The zero-order valence-corrected chi connectivity index (χ0v) is 8.27.